The molecule has 0 aliphatic carbocycles. The smallest absolute Gasteiger partial charge is 0.317 e. The molecule has 0 radical (unpaired) electrons. The normalized spacial score (nSPS) is 18.2. The number of hydrogen-bond donors (Lipinski definition) is 1. The Morgan fingerprint density at radius 1 is 1.43 bits per heavy atom. The average Bonchev–Trinajstić information content (AvgIpc) is 3.21. The van der Waals surface area contributed by atoms with Gasteiger partial charge in [-0.05, 0) is 31.4 Å². The zero-order chi connectivity index (χ0) is 16.2. The molecular formula is C16H23N5OS. The number of piperidine rings is 1. The van der Waals surface area contributed by atoms with Crippen molar-refractivity contribution < 1.29 is 4.79 Å². The number of rotatable bonds is 4. The molecule has 0 spiro atoms. The van der Waals surface area contributed by atoms with Gasteiger partial charge >= 0.3 is 6.03 Å². The molecule has 23 heavy (non-hydrogen) atoms. The summed E-state index contributed by atoms with van der Waals surface area (Å²) in [6.45, 7) is 4.27. The highest BCUT2D eigenvalue weighted by Gasteiger charge is 2.27. The number of nitrogens with one attached hydrogen (secondary N) is 1. The van der Waals surface area contributed by atoms with Crippen LogP contribution in [0.4, 0.5) is 4.79 Å². The van der Waals surface area contributed by atoms with Crippen molar-refractivity contribution in [3.63, 3.8) is 0 Å². The zero-order valence-corrected chi connectivity index (χ0v) is 14.5. The van der Waals surface area contributed by atoms with E-state index >= 15 is 0 Å². The first-order valence-corrected chi connectivity index (χ1v) is 8.93. The molecule has 0 bridgehead atoms. The van der Waals surface area contributed by atoms with Gasteiger partial charge in [0.25, 0.3) is 0 Å². The summed E-state index contributed by atoms with van der Waals surface area (Å²) in [5.74, 6) is 1.24. The molecule has 0 aromatic carbocycles. The average molecular weight is 333 g/mol. The van der Waals surface area contributed by atoms with Crippen LogP contribution >= 0.6 is 11.3 Å². The van der Waals surface area contributed by atoms with Gasteiger partial charge in [0, 0.05) is 35.8 Å². The third-order valence-electron chi connectivity index (χ3n) is 4.30. The molecule has 0 saturated carbocycles. The summed E-state index contributed by atoms with van der Waals surface area (Å²) in [4.78, 5) is 16.9. The monoisotopic (exact) mass is 333 g/mol. The Kier molecular flexibility index (Phi) is 4.95. The Balaban J connectivity index is 1.55. The minimum Gasteiger partial charge on any atom is -0.333 e. The van der Waals surface area contributed by atoms with E-state index in [1.807, 2.05) is 16.5 Å². The standard InChI is InChI=1S/C16H23N5OS/c1-3-13-6-7-14(23-13)9-17-16(22)21-8-4-5-12(10-21)15-19-18-11-20(15)2/h6-7,11-12H,3-5,8-10H2,1-2H3,(H,17,22)/t12-/m0/s1. The van der Waals surface area contributed by atoms with E-state index in [0.29, 0.717) is 13.1 Å². The number of carbonyl (C=O) groups is 1. The van der Waals surface area contributed by atoms with Gasteiger partial charge in [-0.1, -0.05) is 6.92 Å². The van der Waals surface area contributed by atoms with Crippen LogP contribution in [0.3, 0.4) is 0 Å². The summed E-state index contributed by atoms with van der Waals surface area (Å²) < 4.78 is 1.95. The minimum atomic E-state index is 0.0170. The molecule has 1 aliphatic rings. The summed E-state index contributed by atoms with van der Waals surface area (Å²) in [5.41, 5.74) is 0. The van der Waals surface area contributed by atoms with E-state index in [9.17, 15) is 4.79 Å². The van der Waals surface area contributed by atoms with E-state index in [1.165, 1.54) is 9.75 Å². The molecule has 3 rings (SSSR count). The van der Waals surface area contributed by atoms with E-state index in [-0.39, 0.29) is 11.9 Å². The molecule has 1 atom stereocenters. The summed E-state index contributed by atoms with van der Waals surface area (Å²) in [5, 5.41) is 11.2. The second kappa shape index (κ2) is 7.12. The van der Waals surface area contributed by atoms with Crippen LogP contribution in [0.5, 0.6) is 0 Å². The van der Waals surface area contributed by atoms with Crippen molar-refractivity contribution in [1.29, 1.82) is 0 Å². The first kappa shape index (κ1) is 16.0. The quantitative estimate of drug-likeness (QED) is 0.935. The lowest BCUT2D eigenvalue weighted by molar-refractivity contribution is 0.177. The van der Waals surface area contributed by atoms with Gasteiger partial charge in [-0.25, -0.2) is 4.79 Å². The van der Waals surface area contributed by atoms with Gasteiger partial charge in [0.05, 0.1) is 6.54 Å². The second-order valence-electron chi connectivity index (χ2n) is 5.97. The van der Waals surface area contributed by atoms with Gasteiger partial charge in [0.2, 0.25) is 0 Å². The fourth-order valence-electron chi connectivity index (χ4n) is 3.02. The van der Waals surface area contributed by atoms with Crippen molar-refractivity contribution in [2.45, 2.75) is 38.6 Å². The van der Waals surface area contributed by atoms with Crippen LogP contribution in [-0.2, 0) is 20.0 Å². The molecule has 2 amide bonds. The molecule has 0 unspecified atom stereocenters. The van der Waals surface area contributed by atoms with E-state index in [0.717, 1.165) is 31.6 Å². The fourth-order valence-corrected chi connectivity index (χ4v) is 3.91. The predicted octanol–water partition coefficient (Wildman–Crippen LogP) is 2.53. The number of thiophene rings is 1. The highest BCUT2D eigenvalue weighted by atomic mass is 32.1. The number of carbonyl (C=O) groups excluding carboxylic acids is 1. The van der Waals surface area contributed by atoms with Gasteiger partial charge < -0.3 is 14.8 Å². The number of likely N-dealkylation sites (tertiary alicyclic amines) is 1. The molecule has 7 heteroatoms. The van der Waals surface area contributed by atoms with Crippen molar-refractivity contribution >= 4 is 17.4 Å². The van der Waals surface area contributed by atoms with E-state index in [2.05, 4.69) is 34.6 Å². The number of urea groups is 1. The van der Waals surface area contributed by atoms with Crippen LogP contribution in [0.25, 0.3) is 0 Å². The molecule has 1 N–H and O–H groups in total. The van der Waals surface area contributed by atoms with E-state index in [4.69, 9.17) is 0 Å². The van der Waals surface area contributed by atoms with Crippen LogP contribution in [0.1, 0.15) is 41.3 Å². The molecule has 1 saturated heterocycles. The molecule has 124 valence electrons. The largest absolute Gasteiger partial charge is 0.333 e. The maximum Gasteiger partial charge on any atom is 0.317 e. The Hall–Kier alpha value is -1.89. The van der Waals surface area contributed by atoms with Crippen LogP contribution in [0.15, 0.2) is 18.5 Å². The summed E-state index contributed by atoms with van der Waals surface area (Å²) >= 11 is 1.77. The van der Waals surface area contributed by atoms with Crippen molar-refractivity contribution in [1.82, 2.24) is 25.0 Å². The lowest BCUT2D eigenvalue weighted by Crippen LogP contribution is -2.45. The Morgan fingerprint density at radius 2 is 2.26 bits per heavy atom. The summed E-state index contributed by atoms with van der Waals surface area (Å²) in [7, 11) is 1.95. The minimum absolute atomic E-state index is 0.0170. The third-order valence-corrected chi connectivity index (χ3v) is 5.53. The number of aryl methyl sites for hydroxylation is 2. The number of aromatic nitrogens is 3. The van der Waals surface area contributed by atoms with Crippen molar-refractivity contribution in [3.05, 3.63) is 34.0 Å². The topological polar surface area (TPSA) is 63.1 Å². The van der Waals surface area contributed by atoms with Gasteiger partial charge in [-0.15, -0.1) is 21.5 Å². The lowest BCUT2D eigenvalue weighted by atomic mass is 9.97. The highest BCUT2D eigenvalue weighted by Crippen LogP contribution is 2.25. The molecular weight excluding hydrogens is 310 g/mol. The first-order valence-electron chi connectivity index (χ1n) is 8.11. The fraction of sp³-hybridized carbons (Fsp3) is 0.562. The summed E-state index contributed by atoms with van der Waals surface area (Å²) in [6, 6.07) is 4.25. The number of nitrogens with zero attached hydrogens (tertiary/aromatic N) is 4. The maximum absolute atomic E-state index is 12.4. The molecule has 1 aliphatic heterocycles. The highest BCUT2D eigenvalue weighted by molar-refractivity contribution is 7.11. The number of hydrogen-bond acceptors (Lipinski definition) is 4. The summed E-state index contributed by atoms with van der Waals surface area (Å²) in [6.07, 6.45) is 4.83. The third kappa shape index (κ3) is 3.72. The van der Waals surface area contributed by atoms with Crippen LogP contribution < -0.4 is 5.32 Å². The predicted molar refractivity (Wildman–Crippen MR) is 90.5 cm³/mol. The van der Waals surface area contributed by atoms with Gasteiger partial charge in [-0.2, -0.15) is 0 Å². The molecule has 3 heterocycles. The van der Waals surface area contributed by atoms with Crippen LogP contribution in [-0.4, -0.2) is 38.8 Å². The van der Waals surface area contributed by atoms with Crippen molar-refractivity contribution in [2.24, 2.45) is 7.05 Å². The van der Waals surface area contributed by atoms with E-state index in [1.54, 1.807) is 17.7 Å². The second-order valence-corrected chi connectivity index (χ2v) is 7.22. The maximum atomic E-state index is 12.4. The molecule has 1 fully saturated rings. The molecule has 2 aromatic rings. The van der Waals surface area contributed by atoms with Crippen LogP contribution in [0.2, 0.25) is 0 Å². The van der Waals surface area contributed by atoms with Gasteiger partial charge in [0.1, 0.15) is 12.2 Å². The SMILES string of the molecule is CCc1ccc(CNC(=O)N2CCC[C@H](c3nncn3C)C2)s1. The van der Waals surface area contributed by atoms with Crippen molar-refractivity contribution in [2.75, 3.05) is 13.1 Å². The van der Waals surface area contributed by atoms with Crippen LogP contribution in [0, 0.1) is 0 Å². The Morgan fingerprint density at radius 3 is 2.96 bits per heavy atom. The van der Waals surface area contributed by atoms with Crippen molar-refractivity contribution in [3.8, 4) is 0 Å². The zero-order valence-electron chi connectivity index (χ0n) is 13.7. The molecule has 2 aromatic heterocycles. The molecule has 6 nitrogen and oxygen atoms in total. The Bertz CT molecular complexity index is 665. The van der Waals surface area contributed by atoms with Gasteiger partial charge in [-0.3, -0.25) is 0 Å². The lowest BCUT2D eigenvalue weighted by Gasteiger charge is -2.32. The van der Waals surface area contributed by atoms with Gasteiger partial charge in [0.15, 0.2) is 0 Å². The van der Waals surface area contributed by atoms with E-state index < -0.39 is 0 Å². The first-order chi connectivity index (χ1) is 11.2. The number of amides is 2. The Labute approximate surface area is 140 Å².